The largest absolute Gasteiger partial charge is 0.352 e. The van der Waals surface area contributed by atoms with Crippen LogP contribution in [0.2, 0.25) is 0 Å². The van der Waals surface area contributed by atoms with E-state index in [0.717, 1.165) is 18.9 Å². The molecule has 3 rings (SSSR count). The van der Waals surface area contributed by atoms with Crippen molar-refractivity contribution < 1.29 is 4.79 Å². The summed E-state index contributed by atoms with van der Waals surface area (Å²) in [6, 6.07) is 9.61. The van der Waals surface area contributed by atoms with Crippen LogP contribution in [0.5, 0.6) is 0 Å². The molecular weight excluding hydrogens is 236 g/mol. The summed E-state index contributed by atoms with van der Waals surface area (Å²) < 4.78 is 0. The Morgan fingerprint density at radius 1 is 1.26 bits per heavy atom. The van der Waals surface area contributed by atoms with Crippen LogP contribution in [0.15, 0.2) is 24.3 Å². The standard InChI is InChI=1S/C16H22N2O/c1-11-2-4-12(5-3-11)16(13-6-7-13)17-10-14-8-9-15(19)18-14/h2-5,13-14,16-17H,6-10H2,1H3,(H,18,19). The summed E-state index contributed by atoms with van der Waals surface area (Å²) in [7, 11) is 0. The van der Waals surface area contributed by atoms with Crippen molar-refractivity contribution in [1.82, 2.24) is 10.6 Å². The Morgan fingerprint density at radius 2 is 2.00 bits per heavy atom. The summed E-state index contributed by atoms with van der Waals surface area (Å²) in [6.45, 7) is 3.01. The summed E-state index contributed by atoms with van der Waals surface area (Å²) in [5.41, 5.74) is 2.69. The quantitative estimate of drug-likeness (QED) is 0.851. The molecule has 102 valence electrons. The van der Waals surface area contributed by atoms with Gasteiger partial charge >= 0.3 is 0 Å². The Morgan fingerprint density at radius 3 is 2.58 bits per heavy atom. The number of nitrogens with one attached hydrogen (secondary N) is 2. The molecule has 1 saturated carbocycles. The maximum atomic E-state index is 11.2. The van der Waals surface area contributed by atoms with Crippen molar-refractivity contribution in [1.29, 1.82) is 0 Å². The Labute approximate surface area is 114 Å². The molecule has 2 atom stereocenters. The number of carbonyl (C=O) groups excluding carboxylic acids is 1. The van der Waals surface area contributed by atoms with Crippen molar-refractivity contribution in [2.75, 3.05) is 6.54 Å². The average Bonchev–Trinajstić information content (AvgIpc) is 3.15. The first-order chi connectivity index (χ1) is 9.22. The Bertz CT molecular complexity index is 450. The molecule has 3 nitrogen and oxygen atoms in total. The Kier molecular flexibility index (Phi) is 3.56. The molecule has 1 aromatic rings. The van der Waals surface area contributed by atoms with Gasteiger partial charge in [-0.25, -0.2) is 0 Å². The summed E-state index contributed by atoms with van der Waals surface area (Å²) in [5, 5.41) is 6.69. The third kappa shape index (κ3) is 3.16. The maximum absolute atomic E-state index is 11.2. The smallest absolute Gasteiger partial charge is 0.220 e. The molecule has 3 heteroatoms. The van der Waals surface area contributed by atoms with Crippen molar-refractivity contribution >= 4 is 5.91 Å². The molecule has 0 spiro atoms. The second-order valence-corrected chi connectivity index (χ2v) is 5.94. The van der Waals surface area contributed by atoms with Gasteiger partial charge in [0.25, 0.3) is 0 Å². The van der Waals surface area contributed by atoms with Crippen LogP contribution in [-0.2, 0) is 4.79 Å². The van der Waals surface area contributed by atoms with Gasteiger partial charge in [-0.15, -0.1) is 0 Å². The average molecular weight is 258 g/mol. The van der Waals surface area contributed by atoms with Gasteiger partial charge in [-0.3, -0.25) is 4.79 Å². The number of hydrogen-bond acceptors (Lipinski definition) is 2. The fraction of sp³-hybridized carbons (Fsp3) is 0.562. The van der Waals surface area contributed by atoms with E-state index in [9.17, 15) is 4.79 Å². The summed E-state index contributed by atoms with van der Waals surface area (Å²) in [5.74, 6) is 0.977. The van der Waals surface area contributed by atoms with E-state index in [0.29, 0.717) is 18.5 Å². The van der Waals surface area contributed by atoms with Crippen molar-refractivity contribution in [3.63, 3.8) is 0 Å². The number of amides is 1. The lowest BCUT2D eigenvalue weighted by molar-refractivity contribution is -0.119. The zero-order chi connectivity index (χ0) is 13.2. The minimum Gasteiger partial charge on any atom is -0.352 e. The van der Waals surface area contributed by atoms with Crippen LogP contribution in [0.3, 0.4) is 0 Å². The van der Waals surface area contributed by atoms with E-state index in [1.54, 1.807) is 0 Å². The van der Waals surface area contributed by atoms with Gasteiger partial charge in [0.2, 0.25) is 5.91 Å². The van der Waals surface area contributed by atoms with E-state index >= 15 is 0 Å². The molecule has 2 N–H and O–H groups in total. The van der Waals surface area contributed by atoms with Crippen LogP contribution in [-0.4, -0.2) is 18.5 Å². The lowest BCUT2D eigenvalue weighted by atomic mass is 10.0. The number of rotatable bonds is 5. The molecule has 2 unspecified atom stereocenters. The van der Waals surface area contributed by atoms with Crippen LogP contribution >= 0.6 is 0 Å². The molecule has 1 heterocycles. The second kappa shape index (κ2) is 5.33. The number of hydrogen-bond donors (Lipinski definition) is 2. The van der Waals surface area contributed by atoms with Crippen LogP contribution in [0.25, 0.3) is 0 Å². The van der Waals surface area contributed by atoms with Gasteiger partial charge < -0.3 is 10.6 Å². The molecule has 2 aliphatic rings. The molecule has 0 bridgehead atoms. The van der Waals surface area contributed by atoms with E-state index in [4.69, 9.17) is 0 Å². The van der Waals surface area contributed by atoms with Gasteiger partial charge in [0, 0.05) is 25.0 Å². The maximum Gasteiger partial charge on any atom is 0.220 e. The highest BCUT2D eigenvalue weighted by Crippen LogP contribution is 2.41. The normalized spacial score (nSPS) is 24.3. The zero-order valence-electron chi connectivity index (χ0n) is 11.5. The zero-order valence-corrected chi connectivity index (χ0v) is 11.5. The van der Waals surface area contributed by atoms with Gasteiger partial charge in [-0.1, -0.05) is 29.8 Å². The van der Waals surface area contributed by atoms with E-state index in [1.807, 2.05) is 0 Å². The summed E-state index contributed by atoms with van der Waals surface area (Å²) >= 11 is 0. The molecule has 0 radical (unpaired) electrons. The van der Waals surface area contributed by atoms with Crippen LogP contribution < -0.4 is 10.6 Å². The predicted molar refractivity (Wildman–Crippen MR) is 75.8 cm³/mol. The highest BCUT2D eigenvalue weighted by Gasteiger charge is 2.32. The number of benzene rings is 1. The minimum absolute atomic E-state index is 0.199. The minimum atomic E-state index is 0.199. The van der Waals surface area contributed by atoms with Gasteiger partial charge in [0.05, 0.1) is 0 Å². The van der Waals surface area contributed by atoms with Gasteiger partial charge in [0.15, 0.2) is 0 Å². The first-order valence-corrected chi connectivity index (χ1v) is 7.31. The Balaban J connectivity index is 1.61. The van der Waals surface area contributed by atoms with E-state index in [-0.39, 0.29) is 5.91 Å². The van der Waals surface area contributed by atoms with Gasteiger partial charge in [-0.2, -0.15) is 0 Å². The molecule has 1 aromatic carbocycles. The second-order valence-electron chi connectivity index (χ2n) is 5.94. The molecule has 0 aromatic heterocycles. The Hall–Kier alpha value is -1.35. The molecule has 2 fully saturated rings. The monoisotopic (exact) mass is 258 g/mol. The lowest BCUT2D eigenvalue weighted by Crippen LogP contribution is -2.37. The van der Waals surface area contributed by atoms with E-state index in [2.05, 4.69) is 41.8 Å². The van der Waals surface area contributed by atoms with Crippen molar-refractivity contribution in [3.8, 4) is 0 Å². The predicted octanol–water partition coefficient (Wildman–Crippen LogP) is 2.31. The van der Waals surface area contributed by atoms with E-state index < -0.39 is 0 Å². The van der Waals surface area contributed by atoms with Crippen molar-refractivity contribution in [2.24, 2.45) is 5.92 Å². The third-order valence-corrected chi connectivity index (χ3v) is 4.20. The van der Waals surface area contributed by atoms with Crippen molar-refractivity contribution in [2.45, 2.75) is 44.7 Å². The molecule has 1 amide bonds. The molecule has 1 saturated heterocycles. The summed E-state index contributed by atoms with van der Waals surface area (Å²) in [6.07, 6.45) is 4.30. The molecule has 1 aliphatic heterocycles. The van der Waals surface area contributed by atoms with Gasteiger partial charge in [0.1, 0.15) is 0 Å². The van der Waals surface area contributed by atoms with E-state index in [1.165, 1.54) is 24.0 Å². The van der Waals surface area contributed by atoms with Gasteiger partial charge in [-0.05, 0) is 37.7 Å². The number of aryl methyl sites for hydroxylation is 1. The first-order valence-electron chi connectivity index (χ1n) is 7.31. The molecule has 1 aliphatic carbocycles. The van der Waals surface area contributed by atoms with Crippen molar-refractivity contribution in [3.05, 3.63) is 35.4 Å². The molecule has 19 heavy (non-hydrogen) atoms. The topological polar surface area (TPSA) is 41.1 Å². The molecular formula is C16H22N2O. The van der Waals surface area contributed by atoms with Crippen LogP contribution in [0.1, 0.15) is 42.9 Å². The van der Waals surface area contributed by atoms with Crippen LogP contribution in [0, 0.1) is 12.8 Å². The number of carbonyl (C=O) groups is 1. The third-order valence-electron chi connectivity index (χ3n) is 4.20. The lowest BCUT2D eigenvalue weighted by Gasteiger charge is -2.21. The fourth-order valence-electron chi connectivity index (χ4n) is 2.86. The highest BCUT2D eigenvalue weighted by molar-refractivity contribution is 5.78. The summed E-state index contributed by atoms with van der Waals surface area (Å²) in [4.78, 5) is 11.2. The fourth-order valence-corrected chi connectivity index (χ4v) is 2.86. The highest BCUT2D eigenvalue weighted by atomic mass is 16.1. The SMILES string of the molecule is Cc1ccc(C(NCC2CCC(=O)N2)C2CC2)cc1. The first kappa shape index (κ1) is 12.7. The van der Waals surface area contributed by atoms with Crippen LogP contribution in [0.4, 0.5) is 0 Å².